The van der Waals surface area contributed by atoms with Crippen molar-refractivity contribution in [3.8, 4) is 34.3 Å². The molecule has 0 bridgehead atoms. The molecule has 8 aromatic rings. The zero-order valence-electron chi connectivity index (χ0n) is 29.0. The molecule has 0 spiro atoms. The summed E-state index contributed by atoms with van der Waals surface area (Å²) in [6.07, 6.45) is 8.85. The SMILES string of the molecule is F[P-](F)(F)(F)(F)F.F[P-](F)(F)(F)(F)F.[Ru+2].c1ccc(-c2ccccn2)nc1.c1ccc(-c2ccccn2)nc1.c1ccc(-c2nc3cc4ccccc4cc3[nH]2)nc1. The number of fused-ring (bicyclic) bond motifs is 2. The first-order valence-corrected chi connectivity index (χ1v) is 19.9. The summed E-state index contributed by atoms with van der Waals surface area (Å²) in [4.78, 5) is 29.0. The number of rotatable bonds is 3. The van der Waals surface area contributed by atoms with E-state index in [1.807, 2.05) is 103 Å². The van der Waals surface area contributed by atoms with Crippen LogP contribution in [0.25, 0.3) is 56.1 Å². The number of aromatic nitrogens is 7. The van der Waals surface area contributed by atoms with Gasteiger partial charge in [-0.15, -0.1) is 0 Å². The van der Waals surface area contributed by atoms with E-state index < -0.39 is 15.6 Å². The molecule has 6 aromatic heterocycles. The Balaban J connectivity index is 0.000000205. The molecule has 8 rings (SSSR count). The molecule has 6 heterocycles. The van der Waals surface area contributed by atoms with Crippen molar-refractivity contribution in [3.05, 3.63) is 158 Å². The van der Waals surface area contributed by atoms with Crippen LogP contribution in [0.1, 0.15) is 0 Å². The maximum absolute atomic E-state index is 10.7. The van der Waals surface area contributed by atoms with Crippen molar-refractivity contribution in [2.45, 2.75) is 0 Å². The number of benzene rings is 2. The summed E-state index contributed by atoms with van der Waals surface area (Å²) < 4.78 is 118. The van der Waals surface area contributed by atoms with Gasteiger partial charge in [-0.3, -0.25) is 24.9 Å². The van der Waals surface area contributed by atoms with Crippen molar-refractivity contribution < 1.29 is 69.8 Å². The fourth-order valence-corrected chi connectivity index (χ4v) is 4.38. The molecule has 7 nitrogen and oxygen atoms in total. The van der Waals surface area contributed by atoms with E-state index >= 15 is 0 Å². The third kappa shape index (κ3) is 20.6. The number of hydrogen-bond donors (Lipinski definition) is 1. The molecule has 22 heteroatoms. The smallest absolute Gasteiger partial charge is 0.337 e. The van der Waals surface area contributed by atoms with Gasteiger partial charge in [0, 0.05) is 31.0 Å². The summed E-state index contributed by atoms with van der Waals surface area (Å²) in [5.41, 5.74) is 6.54. The first kappa shape index (κ1) is 46.9. The number of aromatic amines is 1. The average Bonchev–Trinajstić information content (AvgIpc) is 3.57. The molecule has 1 N–H and O–H groups in total. The van der Waals surface area contributed by atoms with Gasteiger partial charge in [-0.05, 0) is 83.6 Å². The number of halogens is 12. The predicted octanol–water partition coefficient (Wildman–Crippen LogP) is 14.8. The van der Waals surface area contributed by atoms with Crippen LogP contribution in [0, 0.1) is 0 Å². The van der Waals surface area contributed by atoms with Gasteiger partial charge in [0.1, 0.15) is 5.69 Å². The molecule has 0 aliphatic heterocycles. The van der Waals surface area contributed by atoms with Gasteiger partial charge in [-0.2, -0.15) is 0 Å². The molecule has 0 aliphatic carbocycles. The van der Waals surface area contributed by atoms with E-state index in [0.717, 1.165) is 45.3 Å². The molecule has 2 aromatic carbocycles. The Kier molecular flexibility index (Phi) is 13.9. The van der Waals surface area contributed by atoms with Crippen LogP contribution in [0.5, 0.6) is 0 Å². The van der Waals surface area contributed by atoms with Crippen molar-refractivity contribution >= 4 is 37.4 Å². The molecule has 0 saturated carbocycles. The molecule has 0 aliphatic rings. The van der Waals surface area contributed by atoms with Gasteiger partial charge in [0.25, 0.3) is 0 Å². The first-order valence-electron chi connectivity index (χ1n) is 15.8. The van der Waals surface area contributed by atoms with Gasteiger partial charge in [-0.25, -0.2) is 4.98 Å². The Hall–Kier alpha value is -5.44. The zero-order chi connectivity index (χ0) is 41.9. The first-order chi connectivity index (χ1) is 26.2. The summed E-state index contributed by atoms with van der Waals surface area (Å²) in [5.74, 6) is 0.811. The van der Waals surface area contributed by atoms with E-state index in [1.54, 1.807) is 31.0 Å². The standard InChI is InChI=1S/C16H11N3.2C10H8N2.2F6P.Ru/c1-2-6-12-10-15-14(9-11(12)5-1)18-16(19-15)13-7-3-4-8-17-13;2*1-3-7-11-9(5-1)10-6-2-4-8-12-10;2*1-7(2,3,4,5)6;/h1-10H,(H,18,19);2*1-8H;;;/q;;;2*-1;+2. The van der Waals surface area contributed by atoms with Gasteiger partial charge in [0.05, 0.1) is 33.8 Å². The fraction of sp³-hybridized carbons (Fsp3) is 0. The van der Waals surface area contributed by atoms with Crippen LogP contribution >= 0.6 is 15.6 Å². The minimum absolute atomic E-state index is 0. The van der Waals surface area contributed by atoms with Gasteiger partial charge >= 0.3 is 85.5 Å². The van der Waals surface area contributed by atoms with E-state index in [0.29, 0.717) is 0 Å². The van der Waals surface area contributed by atoms with Crippen LogP contribution in [-0.4, -0.2) is 34.9 Å². The van der Waals surface area contributed by atoms with Crippen molar-refractivity contribution in [3.63, 3.8) is 0 Å². The van der Waals surface area contributed by atoms with Crippen LogP contribution in [-0.2, 0) is 19.5 Å². The summed E-state index contributed by atoms with van der Waals surface area (Å²) in [6.45, 7) is 0. The monoisotopic (exact) mass is 949 g/mol. The van der Waals surface area contributed by atoms with E-state index in [-0.39, 0.29) is 19.5 Å². The van der Waals surface area contributed by atoms with E-state index in [2.05, 4.69) is 59.2 Å². The molecular formula is C36H27F12N7P2Ru. The molecule has 58 heavy (non-hydrogen) atoms. The minimum atomic E-state index is -10.7. The topological polar surface area (TPSA) is 93.1 Å². The van der Waals surface area contributed by atoms with Gasteiger partial charge in [-0.1, -0.05) is 54.6 Å². The predicted molar refractivity (Wildman–Crippen MR) is 199 cm³/mol. The normalized spacial score (nSPS) is 13.2. The Morgan fingerprint density at radius 3 is 0.931 bits per heavy atom. The Labute approximate surface area is 333 Å². The maximum Gasteiger partial charge on any atom is 2.00 e. The zero-order valence-corrected chi connectivity index (χ0v) is 32.5. The number of hydrogen-bond acceptors (Lipinski definition) is 6. The molecule has 0 atom stereocenters. The quantitative estimate of drug-likeness (QED) is 0.108. The fourth-order valence-electron chi connectivity index (χ4n) is 4.38. The minimum Gasteiger partial charge on any atom is -0.337 e. The van der Waals surface area contributed by atoms with Crippen LogP contribution in [0.2, 0.25) is 0 Å². The molecular weight excluding hydrogens is 921 g/mol. The second-order valence-corrected chi connectivity index (χ2v) is 15.1. The Bertz CT molecular complexity index is 2240. The van der Waals surface area contributed by atoms with Gasteiger partial charge < -0.3 is 4.98 Å². The number of nitrogens with zero attached hydrogens (tertiary/aromatic N) is 6. The van der Waals surface area contributed by atoms with Crippen LogP contribution in [0.3, 0.4) is 0 Å². The van der Waals surface area contributed by atoms with Crippen LogP contribution < -0.4 is 0 Å². The summed E-state index contributed by atoms with van der Waals surface area (Å²) in [6, 6.07) is 41.5. The molecule has 308 valence electrons. The third-order valence-corrected chi connectivity index (χ3v) is 6.44. The van der Waals surface area contributed by atoms with Gasteiger partial charge in [0.15, 0.2) is 5.82 Å². The third-order valence-electron chi connectivity index (χ3n) is 6.44. The van der Waals surface area contributed by atoms with E-state index in [4.69, 9.17) is 0 Å². The van der Waals surface area contributed by atoms with Crippen molar-refractivity contribution in [2.24, 2.45) is 0 Å². The number of imidazole rings is 1. The number of pyridine rings is 5. The van der Waals surface area contributed by atoms with E-state index in [9.17, 15) is 50.4 Å². The molecule has 0 unspecified atom stereocenters. The van der Waals surface area contributed by atoms with Crippen LogP contribution in [0.15, 0.2) is 158 Å². The second-order valence-electron chi connectivity index (χ2n) is 11.3. The van der Waals surface area contributed by atoms with Gasteiger partial charge in [0.2, 0.25) is 0 Å². The molecule has 0 radical (unpaired) electrons. The summed E-state index contributed by atoms with van der Waals surface area (Å²) in [5, 5.41) is 2.42. The molecule has 0 amide bonds. The summed E-state index contributed by atoms with van der Waals surface area (Å²) in [7, 11) is -21.3. The van der Waals surface area contributed by atoms with Crippen molar-refractivity contribution in [1.82, 2.24) is 34.9 Å². The Morgan fingerprint density at radius 1 is 0.362 bits per heavy atom. The molecule has 0 saturated heterocycles. The summed E-state index contributed by atoms with van der Waals surface area (Å²) >= 11 is 0. The maximum atomic E-state index is 9.87. The van der Waals surface area contributed by atoms with Crippen molar-refractivity contribution in [2.75, 3.05) is 0 Å². The molecule has 0 fully saturated rings. The van der Waals surface area contributed by atoms with E-state index in [1.165, 1.54) is 10.8 Å². The Morgan fingerprint density at radius 2 is 0.638 bits per heavy atom. The van der Waals surface area contributed by atoms with Crippen molar-refractivity contribution in [1.29, 1.82) is 0 Å². The number of H-pyrrole nitrogens is 1. The average molecular weight is 949 g/mol. The number of nitrogens with one attached hydrogen (secondary N) is 1. The van der Waals surface area contributed by atoms with Crippen LogP contribution in [0.4, 0.5) is 50.4 Å². The largest absolute Gasteiger partial charge is 2.00 e. The second kappa shape index (κ2) is 17.2.